The van der Waals surface area contributed by atoms with Crippen molar-refractivity contribution in [3.05, 3.63) is 35.6 Å². The van der Waals surface area contributed by atoms with Crippen molar-refractivity contribution in [2.45, 2.75) is 51.7 Å². The molecule has 0 bridgehead atoms. The summed E-state index contributed by atoms with van der Waals surface area (Å²) < 4.78 is 13.0. The standard InChI is InChI=1S/C19H30FN3O.2ClH/c1-14(2)17(21)10-12-22(3)19(24)18-5-4-11-23(18)13-15-6-8-16(20)9-7-15;;/h6-9,14,17-18H,4-5,10-13,21H2,1-3H3;2*1H. The summed E-state index contributed by atoms with van der Waals surface area (Å²) in [7, 11) is 1.86. The number of nitrogens with zero attached hydrogens (tertiary/aromatic N) is 2. The van der Waals surface area contributed by atoms with Gasteiger partial charge in [-0.15, -0.1) is 24.8 Å². The van der Waals surface area contributed by atoms with Crippen molar-refractivity contribution in [1.29, 1.82) is 0 Å². The van der Waals surface area contributed by atoms with Gasteiger partial charge in [0.25, 0.3) is 0 Å². The van der Waals surface area contributed by atoms with Crippen molar-refractivity contribution in [2.24, 2.45) is 11.7 Å². The molecule has 1 saturated heterocycles. The van der Waals surface area contributed by atoms with E-state index in [-0.39, 0.29) is 48.6 Å². The Kier molecular flexibility index (Phi) is 11.4. The quantitative estimate of drug-likeness (QED) is 0.752. The molecule has 1 aliphatic rings. The highest BCUT2D eigenvalue weighted by molar-refractivity contribution is 5.85. The van der Waals surface area contributed by atoms with Gasteiger partial charge in [-0.2, -0.15) is 0 Å². The topological polar surface area (TPSA) is 49.6 Å². The van der Waals surface area contributed by atoms with Crippen molar-refractivity contribution < 1.29 is 9.18 Å². The van der Waals surface area contributed by atoms with Crippen molar-refractivity contribution in [3.8, 4) is 0 Å². The molecule has 0 aromatic heterocycles. The van der Waals surface area contributed by atoms with Crippen LogP contribution in [0.25, 0.3) is 0 Å². The molecule has 1 fully saturated rings. The maximum Gasteiger partial charge on any atom is 0.239 e. The lowest BCUT2D eigenvalue weighted by Crippen LogP contribution is -2.45. The molecule has 7 heteroatoms. The van der Waals surface area contributed by atoms with Crippen LogP contribution in [0.15, 0.2) is 24.3 Å². The number of likely N-dealkylation sites (tertiary alicyclic amines) is 1. The van der Waals surface area contributed by atoms with Gasteiger partial charge in [0, 0.05) is 26.2 Å². The summed E-state index contributed by atoms with van der Waals surface area (Å²) in [6.45, 7) is 6.50. The molecule has 150 valence electrons. The van der Waals surface area contributed by atoms with E-state index in [1.54, 1.807) is 12.1 Å². The zero-order valence-electron chi connectivity index (χ0n) is 15.9. The number of hydrogen-bond acceptors (Lipinski definition) is 3. The van der Waals surface area contributed by atoms with Gasteiger partial charge in [0.15, 0.2) is 0 Å². The summed E-state index contributed by atoms with van der Waals surface area (Å²) in [6, 6.07) is 6.58. The first kappa shape index (κ1) is 25.1. The molecule has 1 aromatic rings. The number of benzene rings is 1. The van der Waals surface area contributed by atoms with E-state index in [1.807, 2.05) is 11.9 Å². The highest BCUT2D eigenvalue weighted by atomic mass is 35.5. The zero-order chi connectivity index (χ0) is 17.7. The molecular formula is C19H32Cl2FN3O. The van der Waals surface area contributed by atoms with Gasteiger partial charge in [-0.1, -0.05) is 26.0 Å². The summed E-state index contributed by atoms with van der Waals surface area (Å²) in [5.74, 6) is 0.370. The smallest absolute Gasteiger partial charge is 0.239 e. The lowest BCUT2D eigenvalue weighted by atomic mass is 10.0. The van der Waals surface area contributed by atoms with Crippen LogP contribution in [0.4, 0.5) is 4.39 Å². The summed E-state index contributed by atoms with van der Waals surface area (Å²) in [6.07, 6.45) is 2.74. The second kappa shape index (κ2) is 11.8. The lowest BCUT2D eigenvalue weighted by Gasteiger charge is -2.29. The highest BCUT2D eigenvalue weighted by Crippen LogP contribution is 2.22. The Labute approximate surface area is 169 Å². The van der Waals surface area contributed by atoms with Gasteiger partial charge >= 0.3 is 0 Å². The van der Waals surface area contributed by atoms with E-state index in [4.69, 9.17) is 5.73 Å². The number of halogens is 3. The minimum Gasteiger partial charge on any atom is -0.344 e. The van der Waals surface area contributed by atoms with Crippen molar-refractivity contribution in [3.63, 3.8) is 0 Å². The van der Waals surface area contributed by atoms with Crippen LogP contribution in [-0.4, -0.2) is 47.9 Å². The van der Waals surface area contributed by atoms with Gasteiger partial charge in [-0.25, -0.2) is 4.39 Å². The Bertz CT molecular complexity index is 542. The Morgan fingerprint density at radius 2 is 1.92 bits per heavy atom. The van der Waals surface area contributed by atoms with E-state index in [2.05, 4.69) is 18.7 Å². The van der Waals surface area contributed by atoms with Crippen LogP contribution in [0.3, 0.4) is 0 Å². The van der Waals surface area contributed by atoms with E-state index >= 15 is 0 Å². The Morgan fingerprint density at radius 3 is 2.50 bits per heavy atom. The predicted octanol–water partition coefficient (Wildman–Crippen LogP) is 3.47. The van der Waals surface area contributed by atoms with Crippen LogP contribution in [-0.2, 0) is 11.3 Å². The van der Waals surface area contributed by atoms with E-state index in [0.29, 0.717) is 19.0 Å². The molecule has 1 aromatic carbocycles. The number of likely N-dealkylation sites (N-methyl/N-ethyl adjacent to an activating group) is 1. The monoisotopic (exact) mass is 407 g/mol. The minimum atomic E-state index is -0.228. The van der Waals surface area contributed by atoms with E-state index in [1.165, 1.54) is 12.1 Å². The third-order valence-electron chi connectivity index (χ3n) is 4.98. The molecule has 2 atom stereocenters. The molecule has 0 saturated carbocycles. The molecule has 2 rings (SSSR count). The second-order valence-electron chi connectivity index (χ2n) is 7.21. The zero-order valence-corrected chi connectivity index (χ0v) is 17.5. The van der Waals surface area contributed by atoms with Crippen molar-refractivity contribution in [2.75, 3.05) is 20.1 Å². The largest absolute Gasteiger partial charge is 0.344 e. The molecule has 1 amide bonds. The molecule has 4 nitrogen and oxygen atoms in total. The molecule has 0 aliphatic carbocycles. The third-order valence-corrected chi connectivity index (χ3v) is 4.98. The van der Waals surface area contributed by atoms with Crippen molar-refractivity contribution >= 4 is 30.7 Å². The molecular weight excluding hydrogens is 376 g/mol. The molecule has 1 aliphatic heterocycles. The van der Waals surface area contributed by atoms with Crippen LogP contribution in [0, 0.1) is 11.7 Å². The van der Waals surface area contributed by atoms with E-state index in [9.17, 15) is 9.18 Å². The lowest BCUT2D eigenvalue weighted by molar-refractivity contribution is -0.134. The SMILES string of the molecule is CC(C)C(N)CCN(C)C(=O)C1CCCN1Cc1ccc(F)cc1.Cl.Cl. The fourth-order valence-electron chi connectivity index (χ4n) is 3.16. The Morgan fingerprint density at radius 1 is 1.31 bits per heavy atom. The van der Waals surface area contributed by atoms with E-state index in [0.717, 1.165) is 31.4 Å². The minimum absolute atomic E-state index is 0. The summed E-state index contributed by atoms with van der Waals surface area (Å²) >= 11 is 0. The first-order valence-corrected chi connectivity index (χ1v) is 8.87. The summed E-state index contributed by atoms with van der Waals surface area (Å²) in [5, 5.41) is 0. The van der Waals surface area contributed by atoms with Crippen LogP contribution in [0.1, 0.15) is 38.7 Å². The van der Waals surface area contributed by atoms with Gasteiger partial charge in [0.05, 0.1) is 6.04 Å². The maximum absolute atomic E-state index is 13.0. The van der Waals surface area contributed by atoms with Crippen LogP contribution < -0.4 is 5.73 Å². The summed E-state index contributed by atoms with van der Waals surface area (Å²) in [5.41, 5.74) is 7.12. The van der Waals surface area contributed by atoms with Crippen LogP contribution >= 0.6 is 24.8 Å². The number of hydrogen-bond donors (Lipinski definition) is 1. The maximum atomic E-state index is 13.0. The average molecular weight is 408 g/mol. The molecule has 26 heavy (non-hydrogen) atoms. The molecule has 1 heterocycles. The molecule has 2 unspecified atom stereocenters. The fraction of sp³-hybridized carbons (Fsp3) is 0.632. The fourth-order valence-corrected chi connectivity index (χ4v) is 3.16. The number of nitrogens with two attached hydrogens (primary N) is 1. The number of rotatable bonds is 7. The van der Waals surface area contributed by atoms with Gasteiger partial charge in [0.1, 0.15) is 5.82 Å². The Hall–Kier alpha value is -0.880. The summed E-state index contributed by atoms with van der Waals surface area (Å²) in [4.78, 5) is 16.8. The number of carbonyl (C=O) groups is 1. The Balaban J connectivity index is 0.00000312. The number of amides is 1. The van der Waals surface area contributed by atoms with Gasteiger partial charge in [0.2, 0.25) is 5.91 Å². The normalized spacial score (nSPS) is 18.2. The molecule has 2 N–H and O–H groups in total. The van der Waals surface area contributed by atoms with Crippen LogP contribution in [0.5, 0.6) is 0 Å². The van der Waals surface area contributed by atoms with Gasteiger partial charge < -0.3 is 10.6 Å². The van der Waals surface area contributed by atoms with Gasteiger partial charge in [-0.3, -0.25) is 9.69 Å². The molecule has 0 spiro atoms. The van der Waals surface area contributed by atoms with E-state index < -0.39 is 0 Å². The third kappa shape index (κ3) is 7.03. The van der Waals surface area contributed by atoms with Gasteiger partial charge in [-0.05, 0) is 49.4 Å². The highest BCUT2D eigenvalue weighted by Gasteiger charge is 2.32. The molecule has 0 radical (unpaired) electrons. The average Bonchev–Trinajstić information content (AvgIpc) is 3.01. The number of carbonyl (C=O) groups excluding carboxylic acids is 1. The second-order valence-corrected chi connectivity index (χ2v) is 7.21. The first-order valence-electron chi connectivity index (χ1n) is 8.87. The predicted molar refractivity (Wildman–Crippen MR) is 109 cm³/mol. The van der Waals surface area contributed by atoms with Crippen molar-refractivity contribution in [1.82, 2.24) is 9.80 Å². The first-order chi connectivity index (χ1) is 11.4. The van der Waals surface area contributed by atoms with Crippen LogP contribution in [0.2, 0.25) is 0 Å².